The van der Waals surface area contributed by atoms with Crippen molar-refractivity contribution in [3.63, 3.8) is 0 Å². The third kappa shape index (κ3) is 3.60. The average molecular weight is 268 g/mol. The van der Waals surface area contributed by atoms with Gasteiger partial charge in [-0.3, -0.25) is 4.99 Å². The summed E-state index contributed by atoms with van der Waals surface area (Å²) in [5.74, 6) is 1.83. The summed E-state index contributed by atoms with van der Waals surface area (Å²) in [6, 6.07) is 18.2. The summed E-state index contributed by atoms with van der Waals surface area (Å²) in [5.41, 5.74) is 2.30. The van der Waals surface area contributed by atoms with Gasteiger partial charge < -0.3 is 9.64 Å². The molecule has 0 saturated heterocycles. The number of nitrogens with zero attached hydrogens (tertiary/aromatic N) is 2. The Hall–Kier alpha value is -2.29. The predicted molar refractivity (Wildman–Crippen MR) is 83.4 cm³/mol. The predicted octanol–water partition coefficient (Wildman–Crippen LogP) is 3.20. The van der Waals surface area contributed by atoms with E-state index in [1.54, 1.807) is 7.11 Å². The van der Waals surface area contributed by atoms with Gasteiger partial charge in [0, 0.05) is 19.7 Å². The lowest BCUT2D eigenvalue weighted by atomic mass is 10.2. The van der Waals surface area contributed by atoms with E-state index in [-0.39, 0.29) is 0 Å². The van der Waals surface area contributed by atoms with E-state index in [1.807, 2.05) is 61.5 Å². The van der Waals surface area contributed by atoms with Crippen molar-refractivity contribution < 1.29 is 4.74 Å². The highest BCUT2D eigenvalue weighted by Crippen LogP contribution is 2.13. The van der Waals surface area contributed by atoms with Crippen molar-refractivity contribution in [2.24, 2.45) is 4.99 Å². The van der Waals surface area contributed by atoms with E-state index < -0.39 is 0 Å². The maximum atomic E-state index is 5.19. The highest BCUT2D eigenvalue weighted by atomic mass is 16.5. The lowest BCUT2D eigenvalue weighted by Crippen LogP contribution is -2.23. The summed E-state index contributed by atoms with van der Waals surface area (Å²) in [5, 5.41) is 0. The molecular weight excluding hydrogens is 248 g/mol. The van der Waals surface area contributed by atoms with E-state index in [0.717, 1.165) is 17.1 Å². The second kappa shape index (κ2) is 6.75. The first-order valence-corrected chi connectivity index (χ1v) is 6.61. The maximum absolute atomic E-state index is 5.19. The van der Waals surface area contributed by atoms with E-state index in [9.17, 15) is 0 Å². The van der Waals surface area contributed by atoms with Gasteiger partial charge in [0.25, 0.3) is 0 Å². The number of aliphatic imine (C=N–C) groups is 1. The van der Waals surface area contributed by atoms with Crippen LogP contribution in [0.1, 0.15) is 11.1 Å². The molecule has 0 atom stereocenters. The summed E-state index contributed by atoms with van der Waals surface area (Å²) in [7, 11) is 5.69. The minimum absolute atomic E-state index is 0.681. The van der Waals surface area contributed by atoms with Crippen molar-refractivity contribution in [2.45, 2.75) is 6.54 Å². The van der Waals surface area contributed by atoms with Crippen LogP contribution in [0.5, 0.6) is 5.75 Å². The molecule has 0 unspecified atom stereocenters. The summed E-state index contributed by atoms with van der Waals surface area (Å²) in [6.07, 6.45) is 0. The van der Waals surface area contributed by atoms with Gasteiger partial charge in [-0.1, -0.05) is 30.3 Å². The number of hydrogen-bond acceptors (Lipinski definition) is 2. The van der Waals surface area contributed by atoms with Gasteiger partial charge in [0.1, 0.15) is 11.6 Å². The van der Waals surface area contributed by atoms with Crippen molar-refractivity contribution in [3.05, 3.63) is 65.7 Å². The fourth-order valence-electron chi connectivity index (χ4n) is 1.98. The van der Waals surface area contributed by atoms with Crippen molar-refractivity contribution in [3.8, 4) is 5.75 Å². The lowest BCUT2D eigenvalue weighted by Gasteiger charge is -2.16. The van der Waals surface area contributed by atoms with Gasteiger partial charge in [0.2, 0.25) is 0 Å². The molecular formula is C17H20N2O. The van der Waals surface area contributed by atoms with Crippen molar-refractivity contribution >= 4 is 5.84 Å². The molecule has 20 heavy (non-hydrogen) atoms. The minimum Gasteiger partial charge on any atom is -0.497 e. The lowest BCUT2D eigenvalue weighted by molar-refractivity contribution is 0.414. The Labute approximate surface area is 120 Å². The van der Waals surface area contributed by atoms with Gasteiger partial charge in [-0.2, -0.15) is 0 Å². The largest absolute Gasteiger partial charge is 0.497 e. The van der Waals surface area contributed by atoms with Gasteiger partial charge in [-0.05, 0) is 29.8 Å². The summed E-state index contributed by atoms with van der Waals surface area (Å²) >= 11 is 0. The topological polar surface area (TPSA) is 24.8 Å². The number of ether oxygens (including phenoxy) is 1. The van der Waals surface area contributed by atoms with Crippen LogP contribution in [0.25, 0.3) is 0 Å². The minimum atomic E-state index is 0.681. The molecule has 0 heterocycles. The highest BCUT2D eigenvalue weighted by molar-refractivity contribution is 5.98. The molecule has 0 bridgehead atoms. The molecule has 0 N–H and O–H groups in total. The fourth-order valence-corrected chi connectivity index (χ4v) is 1.98. The van der Waals surface area contributed by atoms with Gasteiger partial charge in [-0.25, -0.2) is 0 Å². The van der Waals surface area contributed by atoms with Crippen LogP contribution in [0.4, 0.5) is 0 Å². The van der Waals surface area contributed by atoms with E-state index >= 15 is 0 Å². The molecule has 3 nitrogen and oxygen atoms in total. The van der Waals surface area contributed by atoms with Gasteiger partial charge >= 0.3 is 0 Å². The standard InChI is InChI=1S/C17H20N2O/c1-19(2)17(15-9-11-16(20-3)12-10-15)18-13-14-7-5-4-6-8-14/h4-12H,13H2,1-3H3. The van der Waals surface area contributed by atoms with E-state index in [0.29, 0.717) is 6.54 Å². The number of hydrogen-bond donors (Lipinski definition) is 0. The van der Waals surface area contributed by atoms with Crippen LogP contribution in [0.2, 0.25) is 0 Å². The highest BCUT2D eigenvalue weighted by Gasteiger charge is 2.06. The molecule has 104 valence electrons. The first kappa shape index (κ1) is 14.1. The third-order valence-corrected chi connectivity index (χ3v) is 3.03. The monoisotopic (exact) mass is 268 g/mol. The third-order valence-electron chi connectivity index (χ3n) is 3.03. The SMILES string of the molecule is COc1ccc(C(=NCc2ccccc2)N(C)C)cc1. The average Bonchev–Trinajstić information content (AvgIpc) is 2.49. The summed E-state index contributed by atoms with van der Waals surface area (Å²) in [4.78, 5) is 6.75. The molecule has 0 radical (unpaired) electrons. The Bertz CT molecular complexity index is 559. The maximum Gasteiger partial charge on any atom is 0.130 e. The number of amidine groups is 1. The quantitative estimate of drug-likeness (QED) is 0.628. The number of methoxy groups -OCH3 is 1. The van der Waals surface area contributed by atoms with E-state index in [1.165, 1.54) is 5.56 Å². The Morgan fingerprint density at radius 3 is 2.20 bits per heavy atom. The molecule has 0 saturated carbocycles. The Morgan fingerprint density at radius 1 is 1.00 bits per heavy atom. The second-order valence-corrected chi connectivity index (χ2v) is 4.75. The van der Waals surface area contributed by atoms with Crippen LogP contribution in [-0.2, 0) is 6.54 Å². The van der Waals surface area contributed by atoms with Crippen molar-refractivity contribution in [1.29, 1.82) is 0 Å². The van der Waals surface area contributed by atoms with Crippen LogP contribution in [0.15, 0.2) is 59.6 Å². The van der Waals surface area contributed by atoms with Crippen LogP contribution in [0, 0.1) is 0 Å². The van der Waals surface area contributed by atoms with Crippen LogP contribution < -0.4 is 4.74 Å². The molecule has 0 spiro atoms. The summed E-state index contributed by atoms with van der Waals surface area (Å²) in [6.45, 7) is 0.681. The van der Waals surface area contributed by atoms with Crippen molar-refractivity contribution in [2.75, 3.05) is 21.2 Å². The zero-order chi connectivity index (χ0) is 14.4. The Kier molecular flexibility index (Phi) is 4.77. The molecule has 2 aromatic carbocycles. The molecule has 0 aromatic heterocycles. The Morgan fingerprint density at radius 2 is 1.65 bits per heavy atom. The smallest absolute Gasteiger partial charge is 0.130 e. The van der Waals surface area contributed by atoms with Crippen LogP contribution in [-0.4, -0.2) is 31.9 Å². The number of rotatable bonds is 4. The summed E-state index contributed by atoms with van der Waals surface area (Å²) < 4.78 is 5.19. The molecule has 0 aliphatic heterocycles. The van der Waals surface area contributed by atoms with Gasteiger partial charge in [0.05, 0.1) is 13.7 Å². The Balaban J connectivity index is 2.21. The van der Waals surface area contributed by atoms with Crippen LogP contribution in [0.3, 0.4) is 0 Å². The zero-order valence-corrected chi connectivity index (χ0v) is 12.2. The first-order chi connectivity index (χ1) is 9.70. The molecule has 0 aliphatic carbocycles. The number of benzene rings is 2. The molecule has 0 fully saturated rings. The van der Waals surface area contributed by atoms with Gasteiger partial charge in [0.15, 0.2) is 0 Å². The van der Waals surface area contributed by atoms with E-state index in [4.69, 9.17) is 9.73 Å². The second-order valence-electron chi connectivity index (χ2n) is 4.75. The molecule has 0 amide bonds. The van der Waals surface area contributed by atoms with E-state index in [2.05, 4.69) is 12.1 Å². The molecule has 2 aromatic rings. The zero-order valence-electron chi connectivity index (χ0n) is 12.2. The fraction of sp³-hybridized carbons (Fsp3) is 0.235. The first-order valence-electron chi connectivity index (χ1n) is 6.61. The molecule has 3 heteroatoms. The van der Waals surface area contributed by atoms with Crippen LogP contribution >= 0.6 is 0 Å². The van der Waals surface area contributed by atoms with Crippen molar-refractivity contribution in [1.82, 2.24) is 4.90 Å². The molecule has 0 aliphatic rings. The normalized spacial score (nSPS) is 11.2. The molecule has 2 rings (SSSR count). The van der Waals surface area contributed by atoms with Gasteiger partial charge in [-0.15, -0.1) is 0 Å².